The Bertz CT molecular complexity index is 563. The molecule has 0 atom stereocenters. The number of anilines is 1. The molecular formula is C18H23N3O. The van der Waals surface area contributed by atoms with Crippen LogP contribution in [0, 0.1) is 0 Å². The molecule has 0 spiro atoms. The number of nitrogens with zero attached hydrogens (tertiary/aromatic N) is 3. The van der Waals surface area contributed by atoms with Crippen molar-refractivity contribution in [3.63, 3.8) is 0 Å². The van der Waals surface area contributed by atoms with Crippen molar-refractivity contribution in [2.75, 3.05) is 44.7 Å². The summed E-state index contributed by atoms with van der Waals surface area (Å²) in [5, 5.41) is 0. The molecule has 2 aromatic rings. The van der Waals surface area contributed by atoms with Gasteiger partial charge in [0.15, 0.2) is 0 Å². The van der Waals surface area contributed by atoms with Crippen LogP contribution in [-0.4, -0.2) is 49.7 Å². The van der Waals surface area contributed by atoms with Crippen LogP contribution in [0.4, 0.5) is 5.69 Å². The number of hydrogen-bond donors (Lipinski definition) is 0. The largest absolute Gasteiger partial charge is 0.481 e. The molecule has 1 aliphatic heterocycles. The summed E-state index contributed by atoms with van der Waals surface area (Å²) in [5.74, 6) is 0.672. The van der Waals surface area contributed by atoms with Gasteiger partial charge in [-0.2, -0.15) is 0 Å². The molecule has 1 fully saturated rings. The first-order valence-corrected chi connectivity index (χ1v) is 7.86. The second-order valence-corrected chi connectivity index (χ2v) is 5.62. The quantitative estimate of drug-likeness (QED) is 0.847. The fourth-order valence-corrected chi connectivity index (χ4v) is 2.84. The molecule has 1 aromatic carbocycles. The number of ether oxygens (including phenoxy) is 1. The molecule has 1 aliphatic rings. The minimum Gasteiger partial charge on any atom is -0.481 e. The highest BCUT2D eigenvalue weighted by molar-refractivity contribution is 5.45. The van der Waals surface area contributed by atoms with Crippen LogP contribution in [0.2, 0.25) is 0 Å². The Hall–Kier alpha value is -2.07. The van der Waals surface area contributed by atoms with Crippen LogP contribution >= 0.6 is 0 Å². The third kappa shape index (κ3) is 3.77. The van der Waals surface area contributed by atoms with Gasteiger partial charge in [-0.05, 0) is 18.1 Å². The van der Waals surface area contributed by atoms with Gasteiger partial charge >= 0.3 is 0 Å². The van der Waals surface area contributed by atoms with E-state index in [2.05, 4.69) is 51.2 Å². The molecule has 0 aliphatic carbocycles. The van der Waals surface area contributed by atoms with E-state index in [9.17, 15) is 0 Å². The van der Waals surface area contributed by atoms with Crippen molar-refractivity contribution in [2.45, 2.75) is 6.42 Å². The molecule has 4 heteroatoms. The summed E-state index contributed by atoms with van der Waals surface area (Å²) in [4.78, 5) is 9.23. The van der Waals surface area contributed by atoms with Crippen LogP contribution in [0.3, 0.4) is 0 Å². The van der Waals surface area contributed by atoms with Crippen LogP contribution in [-0.2, 0) is 6.42 Å². The van der Waals surface area contributed by atoms with Crippen molar-refractivity contribution in [3.8, 4) is 5.88 Å². The Kier molecular flexibility index (Phi) is 4.91. The Morgan fingerprint density at radius 1 is 1.00 bits per heavy atom. The summed E-state index contributed by atoms with van der Waals surface area (Å²) in [6, 6.07) is 14.7. The van der Waals surface area contributed by atoms with E-state index in [-0.39, 0.29) is 0 Å². The molecule has 0 saturated carbocycles. The van der Waals surface area contributed by atoms with E-state index in [4.69, 9.17) is 4.74 Å². The smallest absolute Gasteiger partial charge is 0.213 e. The van der Waals surface area contributed by atoms with Gasteiger partial charge in [0.05, 0.1) is 19.0 Å². The minimum atomic E-state index is 0.672. The van der Waals surface area contributed by atoms with Crippen LogP contribution in [0.1, 0.15) is 5.56 Å². The SMILES string of the molecule is COc1ccc(N2CCN(CCc3ccccc3)CC2)cn1. The fourth-order valence-electron chi connectivity index (χ4n) is 2.84. The predicted molar refractivity (Wildman–Crippen MR) is 89.6 cm³/mol. The lowest BCUT2D eigenvalue weighted by Gasteiger charge is -2.36. The molecule has 116 valence electrons. The lowest BCUT2D eigenvalue weighted by Crippen LogP contribution is -2.47. The van der Waals surface area contributed by atoms with Crippen molar-refractivity contribution in [2.24, 2.45) is 0 Å². The highest BCUT2D eigenvalue weighted by Crippen LogP contribution is 2.18. The number of piperazine rings is 1. The molecule has 0 N–H and O–H groups in total. The average Bonchev–Trinajstić information content (AvgIpc) is 2.61. The Morgan fingerprint density at radius 2 is 1.77 bits per heavy atom. The van der Waals surface area contributed by atoms with Crippen molar-refractivity contribution < 1.29 is 4.74 Å². The van der Waals surface area contributed by atoms with Gasteiger partial charge in [-0.15, -0.1) is 0 Å². The van der Waals surface area contributed by atoms with Gasteiger partial charge in [-0.1, -0.05) is 30.3 Å². The summed E-state index contributed by atoms with van der Waals surface area (Å²) in [6.07, 6.45) is 3.03. The maximum Gasteiger partial charge on any atom is 0.213 e. The van der Waals surface area contributed by atoms with Crippen molar-refractivity contribution in [1.82, 2.24) is 9.88 Å². The van der Waals surface area contributed by atoms with Gasteiger partial charge in [0.25, 0.3) is 0 Å². The minimum absolute atomic E-state index is 0.672. The Morgan fingerprint density at radius 3 is 2.41 bits per heavy atom. The van der Waals surface area contributed by atoms with Gasteiger partial charge in [0, 0.05) is 38.8 Å². The van der Waals surface area contributed by atoms with Crippen molar-refractivity contribution >= 4 is 5.69 Å². The predicted octanol–water partition coefficient (Wildman–Crippen LogP) is 2.45. The van der Waals surface area contributed by atoms with E-state index in [1.54, 1.807) is 7.11 Å². The molecule has 0 radical (unpaired) electrons. The van der Waals surface area contributed by atoms with Gasteiger partial charge in [0.1, 0.15) is 0 Å². The molecule has 0 unspecified atom stereocenters. The van der Waals surface area contributed by atoms with E-state index in [1.165, 1.54) is 11.3 Å². The van der Waals surface area contributed by atoms with E-state index in [0.717, 1.165) is 39.1 Å². The number of pyridine rings is 1. The topological polar surface area (TPSA) is 28.6 Å². The zero-order valence-corrected chi connectivity index (χ0v) is 13.1. The first-order valence-electron chi connectivity index (χ1n) is 7.86. The zero-order valence-electron chi connectivity index (χ0n) is 13.1. The molecule has 2 heterocycles. The molecule has 22 heavy (non-hydrogen) atoms. The van der Waals surface area contributed by atoms with E-state index >= 15 is 0 Å². The number of aromatic nitrogens is 1. The Balaban J connectivity index is 1.47. The van der Waals surface area contributed by atoms with E-state index in [0.29, 0.717) is 5.88 Å². The van der Waals surface area contributed by atoms with E-state index in [1.807, 2.05) is 12.3 Å². The highest BCUT2D eigenvalue weighted by Gasteiger charge is 2.17. The third-order valence-electron chi connectivity index (χ3n) is 4.23. The number of benzene rings is 1. The van der Waals surface area contributed by atoms with Gasteiger partial charge in [-0.3, -0.25) is 4.90 Å². The average molecular weight is 297 g/mol. The monoisotopic (exact) mass is 297 g/mol. The van der Waals surface area contributed by atoms with Crippen molar-refractivity contribution in [1.29, 1.82) is 0 Å². The third-order valence-corrected chi connectivity index (χ3v) is 4.23. The van der Waals surface area contributed by atoms with Crippen LogP contribution in [0.5, 0.6) is 5.88 Å². The van der Waals surface area contributed by atoms with Crippen molar-refractivity contribution in [3.05, 3.63) is 54.2 Å². The normalized spacial score (nSPS) is 15.8. The molecule has 0 bridgehead atoms. The van der Waals surface area contributed by atoms with Gasteiger partial charge in [0.2, 0.25) is 5.88 Å². The molecule has 1 aromatic heterocycles. The van der Waals surface area contributed by atoms with Crippen LogP contribution < -0.4 is 9.64 Å². The lowest BCUT2D eigenvalue weighted by atomic mass is 10.1. The summed E-state index contributed by atoms with van der Waals surface area (Å²) < 4.78 is 5.11. The second kappa shape index (κ2) is 7.27. The van der Waals surface area contributed by atoms with Gasteiger partial charge in [-0.25, -0.2) is 4.98 Å². The maximum absolute atomic E-state index is 5.11. The molecule has 0 amide bonds. The first-order chi connectivity index (χ1) is 10.8. The van der Waals surface area contributed by atoms with Crippen LogP contribution in [0.25, 0.3) is 0 Å². The molecular weight excluding hydrogens is 274 g/mol. The summed E-state index contributed by atoms with van der Waals surface area (Å²) in [6.45, 7) is 5.47. The first kappa shape index (κ1) is 14.9. The van der Waals surface area contributed by atoms with E-state index < -0.39 is 0 Å². The lowest BCUT2D eigenvalue weighted by molar-refractivity contribution is 0.261. The summed E-state index contributed by atoms with van der Waals surface area (Å²) >= 11 is 0. The molecule has 4 nitrogen and oxygen atoms in total. The number of methoxy groups -OCH3 is 1. The standard InChI is InChI=1S/C18H23N3O/c1-22-18-8-7-17(15-19-18)21-13-11-20(12-14-21)10-9-16-5-3-2-4-6-16/h2-8,15H,9-14H2,1H3. The number of hydrogen-bond acceptors (Lipinski definition) is 4. The fraction of sp³-hybridized carbons (Fsp3) is 0.389. The maximum atomic E-state index is 5.11. The van der Waals surface area contributed by atoms with Crippen LogP contribution in [0.15, 0.2) is 48.7 Å². The molecule has 3 rings (SSSR count). The second-order valence-electron chi connectivity index (χ2n) is 5.62. The summed E-state index contributed by atoms with van der Waals surface area (Å²) in [5.41, 5.74) is 2.60. The van der Waals surface area contributed by atoms with Gasteiger partial charge < -0.3 is 9.64 Å². The Labute approximate surface area is 132 Å². The summed E-state index contributed by atoms with van der Waals surface area (Å²) in [7, 11) is 1.65. The zero-order chi connectivity index (χ0) is 15.2. The number of rotatable bonds is 5. The highest BCUT2D eigenvalue weighted by atomic mass is 16.5. The molecule has 1 saturated heterocycles.